The van der Waals surface area contributed by atoms with Crippen LogP contribution in [0.4, 0.5) is 0 Å². The van der Waals surface area contributed by atoms with Crippen molar-refractivity contribution in [2.75, 3.05) is 6.61 Å². The molecule has 2 atom stereocenters. The lowest BCUT2D eigenvalue weighted by atomic mass is 9.88. The Hall–Kier alpha value is -1.12. The lowest BCUT2D eigenvalue weighted by Gasteiger charge is -2.10. The number of carbonyl (C=O) groups is 2. The third-order valence-corrected chi connectivity index (χ3v) is 2.14. The average Bonchev–Trinajstić information content (AvgIpc) is 2.30. The molecule has 0 aromatic carbocycles. The number of cyclic esters (lactones) is 1. The lowest BCUT2D eigenvalue weighted by molar-refractivity contribution is -0.140. The van der Waals surface area contributed by atoms with Crippen LogP contribution in [0.5, 0.6) is 0 Å². The van der Waals surface area contributed by atoms with Crippen LogP contribution in [0.3, 0.4) is 0 Å². The zero-order valence-corrected chi connectivity index (χ0v) is 7.29. The molecule has 1 aliphatic rings. The Morgan fingerprint density at radius 3 is 2.58 bits per heavy atom. The SMILES string of the molecule is C=C(C(C)=O)C1C(=O)OCC1C. The zero-order valence-electron chi connectivity index (χ0n) is 7.29. The molecule has 66 valence electrons. The number of ketones is 1. The van der Waals surface area contributed by atoms with Gasteiger partial charge < -0.3 is 4.74 Å². The third kappa shape index (κ3) is 1.40. The third-order valence-electron chi connectivity index (χ3n) is 2.14. The summed E-state index contributed by atoms with van der Waals surface area (Å²) in [5.74, 6) is -0.787. The highest BCUT2D eigenvalue weighted by molar-refractivity contribution is 5.98. The number of carbonyl (C=O) groups excluding carboxylic acids is 2. The van der Waals surface area contributed by atoms with Gasteiger partial charge in [-0.25, -0.2) is 0 Å². The van der Waals surface area contributed by atoms with Gasteiger partial charge in [0, 0.05) is 11.5 Å². The molecule has 0 aromatic heterocycles. The molecule has 0 bridgehead atoms. The van der Waals surface area contributed by atoms with Crippen LogP contribution < -0.4 is 0 Å². The van der Waals surface area contributed by atoms with Gasteiger partial charge in [-0.15, -0.1) is 0 Å². The van der Waals surface area contributed by atoms with Crippen LogP contribution in [-0.2, 0) is 14.3 Å². The van der Waals surface area contributed by atoms with E-state index in [4.69, 9.17) is 4.74 Å². The summed E-state index contributed by atoms with van der Waals surface area (Å²) in [4.78, 5) is 22.0. The first-order valence-corrected chi connectivity index (χ1v) is 3.90. The molecule has 0 saturated carbocycles. The van der Waals surface area contributed by atoms with Gasteiger partial charge in [0.15, 0.2) is 5.78 Å². The molecular weight excluding hydrogens is 156 g/mol. The molecule has 1 fully saturated rings. The molecule has 0 spiro atoms. The number of rotatable bonds is 2. The van der Waals surface area contributed by atoms with Crippen LogP contribution in [-0.4, -0.2) is 18.4 Å². The van der Waals surface area contributed by atoms with Crippen molar-refractivity contribution in [3.8, 4) is 0 Å². The molecule has 2 unspecified atom stereocenters. The summed E-state index contributed by atoms with van der Waals surface area (Å²) in [6.45, 7) is 7.28. The zero-order chi connectivity index (χ0) is 9.30. The summed E-state index contributed by atoms with van der Waals surface area (Å²) in [5.41, 5.74) is 0.366. The molecule has 1 saturated heterocycles. The summed E-state index contributed by atoms with van der Waals surface area (Å²) >= 11 is 0. The van der Waals surface area contributed by atoms with Crippen LogP contribution in [0.2, 0.25) is 0 Å². The Balaban J connectivity index is 2.79. The fourth-order valence-corrected chi connectivity index (χ4v) is 1.34. The van der Waals surface area contributed by atoms with E-state index >= 15 is 0 Å². The molecule has 0 amide bonds. The van der Waals surface area contributed by atoms with E-state index in [0.29, 0.717) is 12.2 Å². The average molecular weight is 168 g/mol. The van der Waals surface area contributed by atoms with Crippen LogP contribution >= 0.6 is 0 Å². The topological polar surface area (TPSA) is 43.4 Å². The van der Waals surface area contributed by atoms with E-state index in [9.17, 15) is 9.59 Å². The monoisotopic (exact) mass is 168 g/mol. The van der Waals surface area contributed by atoms with Gasteiger partial charge >= 0.3 is 5.97 Å². The van der Waals surface area contributed by atoms with Crippen molar-refractivity contribution >= 4 is 11.8 Å². The molecule has 0 N–H and O–H groups in total. The Kier molecular flexibility index (Phi) is 2.31. The van der Waals surface area contributed by atoms with Crippen molar-refractivity contribution in [1.29, 1.82) is 0 Å². The van der Waals surface area contributed by atoms with E-state index in [0.717, 1.165) is 0 Å². The van der Waals surface area contributed by atoms with Gasteiger partial charge in [-0.1, -0.05) is 13.5 Å². The number of esters is 1. The van der Waals surface area contributed by atoms with Gasteiger partial charge in [-0.2, -0.15) is 0 Å². The van der Waals surface area contributed by atoms with Crippen LogP contribution in [0, 0.1) is 11.8 Å². The molecular formula is C9H12O3. The molecule has 1 heterocycles. The second-order valence-electron chi connectivity index (χ2n) is 3.17. The molecule has 3 heteroatoms. The maximum Gasteiger partial charge on any atom is 0.313 e. The summed E-state index contributed by atoms with van der Waals surface area (Å²) < 4.78 is 4.80. The molecule has 1 rings (SSSR count). The Bertz CT molecular complexity index is 242. The van der Waals surface area contributed by atoms with Gasteiger partial charge in [-0.05, 0) is 6.92 Å². The maximum atomic E-state index is 11.1. The second kappa shape index (κ2) is 3.09. The number of Topliss-reactive ketones (excluding diaryl/α,β-unsaturated/α-hetero) is 1. The van der Waals surface area contributed by atoms with Gasteiger partial charge in [0.1, 0.15) is 0 Å². The highest BCUT2D eigenvalue weighted by atomic mass is 16.5. The smallest absolute Gasteiger partial charge is 0.313 e. The number of ether oxygens (including phenoxy) is 1. The molecule has 0 radical (unpaired) electrons. The largest absolute Gasteiger partial charge is 0.465 e. The summed E-state index contributed by atoms with van der Waals surface area (Å²) in [5, 5.41) is 0. The summed E-state index contributed by atoms with van der Waals surface area (Å²) in [6.07, 6.45) is 0. The predicted molar refractivity (Wildman–Crippen MR) is 43.4 cm³/mol. The molecule has 12 heavy (non-hydrogen) atoms. The quantitative estimate of drug-likeness (QED) is 0.455. The molecule has 0 aromatic rings. The second-order valence-corrected chi connectivity index (χ2v) is 3.17. The first-order chi connectivity index (χ1) is 5.54. The van der Waals surface area contributed by atoms with Gasteiger partial charge in [0.05, 0.1) is 12.5 Å². The normalized spacial score (nSPS) is 28.3. The van der Waals surface area contributed by atoms with E-state index in [1.807, 2.05) is 6.92 Å². The Morgan fingerprint density at radius 1 is 1.67 bits per heavy atom. The van der Waals surface area contributed by atoms with Crippen molar-refractivity contribution in [2.45, 2.75) is 13.8 Å². The highest BCUT2D eigenvalue weighted by Crippen LogP contribution is 2.27. The van der Waals surface area contributed by atoms with Gasteiger partial charge in [0.25, 0.3) is 0 Å². The Morgan fingerprint density at radius 2 is 2.25 bits per heavy atom. The predicted octanol–water partition coefficient (Wildman–Crippen LogP) is 0.941. The fraction of sp³-hybridized carbons (Fsp3) is 0.556. The van der Waals surface area contributed by atoms with E-state index in [1.165, 1.54) is 6.92 Å². The van der Waals surface area contributed by atoms with Crippen molar-refractivity contribution in [3.63, 3.8) is 0 Å². The van der Waals surface area contributed by atoms with Crippen LogP contribution in [0.1, 0.15) is 13.8 Å². The summed E-state index contributed by atoms with van der Waals surface area (Å²) in [6, 6.07) is 0. The van der Waals surface area contributed by atoms with Crippen LogP contribution in [0.15, 0.2) is 12.2 Å². The lowest BCUT2D eigenvalue weighted by Crippen LogP contribution is -2.19. The molecule has 3 nitrogen and oxygen atoms in total. The highest BCUT2D eigenvalue weighted by Gasteiger charge is 2.37. The van der Waals surface area contributed by atoms with Crippen LogP contribution in [0.25, 0.3) is 0 Å². The fourth-order valence-electron chi connectivity index (χ4n) is 1.34. The van der Waals surface area contributed by atoms with Crippen molar-refractivity contribution in [1.82, 2.24) is 0 Å². The first kappa shape index (κ1) is 8.97. The van der Waals surface area contributed by atoms with Gasteiger partial charge in [0.2, 0.25) is 0 Å². The minimum absolute atomic E-state index is 0.0777. The van der Waals surface area contributed by atoms with E-state index in [-0.39, 0.29) is 17.7 Å². The Labute approximate surface area is 71.4 Å². The van der Waals surface area contributed by atoms with Crippen molar-refractivity contribution in [2.24, 2.45) is 11.8 Å². The number of hydrogen-bond acceptors (Lipinski definition) is 3. The van der Waals surface area contributed by atoms with Crippen molar-refractivity contribution < 1.29 is 14.3 Å². The van der Waals surface area contributed by atoms with E-state index in [1.54, 1.807) is 0 Å². The number of hydrogen-bond donors (Lipinski definition) is 0. The molecule has 0 aliphatic carbocycles. The van der Waals surface area contributed by atoms with E-state index < -0.39 is 5.92 Å². The minimum atomic E-state index is -0.414. The van der Waals surface area contributed by atoms with Crippen molar-refractivity contribution in [3.05, 3.63) is 12.2 Å². The summed E-state index contributed by atoms with van der Waals surface area (Å²) in [7, 11) is 0. The standard InChI is InChI=1S/C9H12O3/c1-5-4-12-9(11)8(5)6(2)7(3)10/h5,8H,2,4H2,1,3H3. The maximum absolute atomic E-state index is 11.1. The first-order valence-electron chi connectivity index (χ1n) is 3.90. The van der Waals surface area contributed by atoms with E-state index in [2.05, 4.69) is 6.58 Å². The molecule has 1 aliphatic heterocycles. The van der Waals surface area contributed by atoms with Gasteiger partial charge in [-0.3, -0.25) is 9.59 Å². The minimum Gasteiger partial charge on any atom is -0.465 e.